The maximum absolute atomic E-state index is 13.2. The quantitative estimate of drug-likeness (QED) is 0.719. The monoisotopic (exact) mass is 456 g/mol. The highest BCUT2D eigenvalue weighted by atomic mass is 35.5. The number of pyridine rings is 1. The number of amides is 3. The van der Waals surface area contributed by atoms with E-state index in [1.807, 2.05) is 24.5 Å². The molecule has 32 heavy (non-hydrogen) atoms. The van der Waals surface area contributed by atoms with E-state index in [-0.39, 0.29) is 35.3 Å². The summed E-state index contributed by atoms with van der Waals surface area (Å²) in [4.78, 5) is 40.2. The van der Waals surface area contributed by atoms with Crippen LogP contribution < -0.4 is 16.2 Å². The molecule has 1 aromatic carbocycles. The standard InChI is InChI=1S/C24H29ClN4O3/c1-3-15(2)22(23(31)26-19-7-4-6-18(25)11-19)27-24(32)28-12-16-10-17(14-28)20-8-5-9-21(30)29(20)13-16/h4-9,11,15-17,22H,3,10,12-14H2,1-2H3,(H,26,31)(H,27,32). The molecule has 2 N–H and O–H groups in total. The van der Waals surface area contributed by atoms with Gasteiger partial charge >= 0.3 is 6.03 Å². The molecular weight excluding hydrogens is 428 g/mol. The van der Waals surface area contributed by atoms with Crippen LogP contribution in [0.1, 0.15) is 38.3 Å². The number of piperidine rings is 1. The molecule has 4 rings (SSSR count). The van der Waals surface area contributed by atoms with E-state index in [9.17, 15) is 14.4 Å². The van der Waals surface area contributed by atoms with Crippen molar-refractivity contribution in [2.24, 2.45) is 11.8 Å². The third-order valence-electron chi connectivity index (χ3n) is 6.63. The number of benzene rings is 1. The van der Waals surface area contributed by atoms with Crippen molar-refractivity contribution in [3.63, 3.8) is 0 Å². The van der Waals surface area contributed by atoms with Crippen molar-refractivity contribution in [1.82, 2.24) is 14.8 Å². The normalized spacial score (nSPS) is 21.3. The molecule has 4 unspecified atom stereocenters. The van der Waals surface area contributed by atoms with Crippen LogP contribution in [0.4, 0.5) is 10.5 Å². The van der Waals surface area contributed by atoms with Gasteiger partial charge in [-0.2, -0.15) is 0 Å². The van der Waals surface area contributed by atoms with Gasteiger partial charge in [-0.1, -0.05) is 44.0 Å². The van der Waals surface area contributed by atoms with Gasteiger partial charge in [-0.3, -0.25) is 9.59 Å². The molecule has 8 heteroatoms. The first-order valence-corrected chi connectivity index (χ1v) is 11.5. The fourth-order valence-electron chi connectivity index (χ4n) is 4.77. The van der Waals surface area contributed by atoms with E-state index in [1.165, 1.54) is 0 Å². The van der Waals surface area contributed by atoms with Crippen LogP contribution in [0.3, 0.4) is 0 Å². The molecule has 1 saturated heterocycles. The highest BCUT2D eigenvalue weighted by Crippen LogP contribution is 2.35. The lowest BCUT2D eigenvalue weighted by Gasteiger charge is -2.43. The Kier molecular flexibility index (Phi) is 6.55. The van der Waals surface area contributed by atoms with Crippen LogP contribution in [-0.4, -0.2) is 40.5 Å². The van der Waals surface area contributed by atoms with Crippen molar-refractivity contribution in [3.05, 3.63) is 63.5 Å². The average molecular weight is 457 g/mol. The number of carbonyl (C=O) groups excluding carboxylic acids is 2. The van der Waals surface area contributed by atoms with Gasteiger partial charge in [-0.05, 0) is 42.5 Å². The van der Waals surface area contributed by atoms with E-state index >= 15 is 0 Å². The van der Waals surface area contributed by atoms with Crippen LogP contribution in [-0.2, 0) is 11.3 Å². The topological polar surface area (TPSA) is 83.4 Å². The van der Waals surface area contributed by atoms with Crippen LogP contribution in [0.5, 0.6) is 0 Å². The zero-order valence-electron chi connectivity index (χ0n) is 18.4. The molecule has 0 aliphatic carbocycles. The summed E-state index contributed by atoms with van der Waals surface area (Å²) < 4.78 is 1.84. The molecule has 3 amide bonds. The number of fused-ring (bicyclic) bond motifs is 4. The van der Waals surface area contributed by atoms with Gasteiger partial charge in [0, 0.05) is 48.0 Å². The second-order valence-corrected chi connectivity index (χ2v) is 9.35. The lowest BCUT2D eigenvalue weighted by molar-refractivity contribution is -0.119. The number of hydrogen-bond donors (Lipinski definition) is 2. The minimum absolute atomic E-state index is 0.0182. The summed E-state index contributed by atoms with van der Waals surface area (Å²) in [7, 11) is 0. The second kappa shape index (κ2) is 9.36. The SMILES string of the molecule is CCC(C)C(NC(=O)N1CC2CC(C1)c1cccc(=O)n1C2)C(=O)Nc1cccc(Cl)c1. The highest BCUT2D eigenvalue weighted by Gasteiger charge is 2.37. The summed E-state index contributed by atoms with van der Waals surface area (Å²) in [5.74, 6) is 0.0599. The number of nitrogens with zero attached hydrogens (tertiary/aromatic N) is 2. The number of urea groups is 1. The predicted molar refractivity (Wildman–Crippen MR) is 125 cm³/mol. The van der Waals surface area contributed by atoms with Gasteiger partial charge in [0.1, 0.15) is 6.04 Å². The second-order valence-electron chi connectivity index (χ2n) is 8.92. The van der Waals surface area contributed by atoms with Gasteiger partial charge in [-0.25, -0.2) is 4.79 Å². The maximum Gasteiger partial charge on any atom is 0.318 e. The van der Waals surface area contributed by atoms with Gasteiger partial charge < -0.3 is 20.1 Å². The Balaban J connectivity index is 1.47. The number of hydrogen-bond acceptors (Lipinski definition) is 3. The van der Waals surface area contributed by atoms with Crippen LogP contribution in [0.2, 0.25) is 5.02 Å². The number of rotatable bonds is 5. The van der Waals surface area contributed by atoms with Crippen molar-refractivity contribution in [3.8, 4) is 0 Å². The first-order valence-electron chi connectivity index (χ1n) is 11.2. The number of halogens is 1. The van der Waals surface area contributed by atoms with Gasteiger partial charge in [0.05, 0.1) is 0 Å². The molecule has 2 bridgehead atoms. The molecule has 4 atom stereocenters. The zero-order chi connectivity index (χ0) is 22.8. The molecular formula is C24H29ClN4O3. The fourth-order valence-corrected chi connectivity index (χ4v) is 4.97. The predicted octanol–water partition coefficient (Wildman–Crippen LogP) is 3.68. The summed E-state index contributed by atoms with van der Waals surface area (Å²) >= 11 is 6.03. The smallest absolute Gasteiger partial charge is 0.318 e. The van der Waals surface area contributed by atoms with E-state index < -0.39 is 6.04 Å². The van der Waals surface area contributed by atoms with Crippen molar-refractivity contribution >= 4 is 29.2 Å². The fraction of sp³-hybridized carbons (Fsp3) is 0.458. The highest BCUT2D eigenvalue weighted by molar-refractivity contribution is 6.30. The van der Waals surface area contributed by atoms with Gasteiger partial charge in [0.25, 0.3) is 5.56 Å². The van der Waals surface area contributed by atoms with Crippen molar-refractivity contribution in [2.45, 2.75) is 45.2 Å². The summed E-state index contributed by atoms with van der Waals surface area (Å²) in [6.45, 7) is 5.69. The molecule has 1 fully saturated rings. The van der Waals surface area contributed by atoms with E-state index in [2.05, 4.69) is 10.6 Å². The van der Waals surface area contributed by atoms with Crippen LogP contribution in [0, 0.1) is 11.8 Å². The molecule has 1 aromatic heterocycles. The molecule has 0 spiro atoms. The molecule has 2 aromatic rings. The molecule has 2 aliphatic heterocycles. The third-order valence-corrected chi connectivity index (χ3v) is 6.87. The number of nitrogens with one attached hydrogen (secondary N) is 2. The number of carbonyl (C=O) groups is 2. The van der Waals surface area contributed by atoms with Gasteiger partial charge in [-0.15, -0.1) is 0 Å². The molecule has 2 aliphatic rings. The number of anilines is 1. The van der Waals surface area contributed by atoms with E-state index in [4.69, 9.17) is 11.6 Å². The largest absolute Gasteiger partial charge is 0.326 e. The first-order chi connectivity index (χ1) is 15.4. The Morgan fingerprint density at radius 1 is 1.16 bits per heavy atom. The molecule has 0 radical (unpaired) electrons. The lowest BCUT2D eigenvalue weighted by atomic mass is 9.83. The maximum atomic E-state index is 13.2. The van der Waals surface area contributed by atoms with Crippen molar-refractivity contribution < 1.29 is 9.59 Å². The van der Waals surface area contributed by atoms with Crippen molar-refractivity contribution in [2.75, 3.05) is 18.4 Å². The molecule has 3 heterocycles. The van der Waals surface area contributed by atoms with Crippen LogP contribution in [0.25, 0.3) is 0 Å². The number of aromatic nitrogens is 1. The Morgan fingerprint density at radius 2 is 1.94 bits per heavy atom. The van der Waals surface area contributed by atoms with Gasteiger partial charge in [0.2, 0.25) is 5.91 Å². The van der Waals surface area contributed by atoms with Gasteiger partial charge in [0.15, 0.2) is 0 Å². The summed E-state index contributed by atoms with van der Waals surface area (Å²) in [6, 6.07) is 11.4. The Labute approximate surface area is 192 Å². The minimum atomic E-state index is -0.664. The average Bonchev–Trinajstić information content (AvgIpc) is 2.77. The zero-order valence-corrected chi connectivity index (χ0v) is 19.1. The molecule has 0 saturated carbocycles. The summed E-state index contributed by atoms with van der Waals surface area (Å²) in [6.07, 6.45) is 1.72. The Bertz CT molecular complexity index is 1070. The minimum Gasteiger partial charge on any atom is -0.326 e. The molecule has 7 nitrogen and oxygen atoms in total. The van der Waals surface area contributed by atoms with Crippen LogP contribution >= 0.6 is 11.6 Å². The first kappa shape index (κ1) is 22.4. The van der Waals surface area contributed by atoms with E-state index in [0.717, 1.165) is 18.5 Å². The summed E-state index contributed by atoms with van der Waals surface area (Å²) in [5, 5.41) is 6.37. The lowest BCUT2D eigenvalue weighted by Crippen LogP contribution is -2.56. The van der Waals surface area contributed by atoms with E-state index in [1.54, 1.807) is 41.3 Å². The number of likely N-dealkylation sites (tertiary alicyclic amines) is 1. The van der Waals surface area contributed by atoms with E-state index in [0.29, 0.717) is 30.3 Å². The van der Waals surface area contributed by atoms with Crippen LogP contribution in [0.15, 0.2) is 47.3 Å². The molecule has 170 valence electrons. The van der Waals surface area contributed by atoms with Crippen molar-refractivity contribution in [1.29, 1.82) is 0 Å². The Morgan fingerprint density at radius 3 is 2.69 bits per heavy atom. The third kappa shape index (κ3) is 4.67. The summed E-state index contributed by atoms with van der Waals surface area (Å²) in [5.41, 5.74) is 1.60. The Hall–Kier alpha value is -2.80.